The molecule has 0 bridgehead atoms. The number of hydrogen-bond donors (Lipinski definition) is 0. The maximum atomic E-state index is 10.5. The van der Waals surface area contributed by atoms with E-state index >= 15 is 0 Å². The summed E-state index contributed by atoms with van der Waals surface area (Å²) in [7, 11) is 0. The molecule has 1 aliphatic heterocycles. The molecule has 2 heterocycles. The molecular weight excluding hydrogens is 218 g/mol. The Balaban J connectivity index is 2.08. The van der Waals surface area contributed by atoms with Gasteiger partial charge in [0.2, 0.25) is 0 Å². The van der Waals surface area contributed by atoms with Crippen molar-refractivity contribution in [2.45, 2.75) is 26.2 Å². The van der Waals surface area contributed by atoms with Gasteiger partial charge in [-0.05, 0) is 31.2 Å². The number of pyridine rings is 1. The highest BCUT2D eigenvalue weighted by atomic mass is 16.6. The second-order valence-electron chi connectivity index (χ2n) is 4.65. The standard InChI is InChI=1S/C12H17N3O2/c1-10-3-2-7-14(8-6-10)12-5-4-11(9-13-12)15(16)17/h4-5,9-10H,2-3,6-8H2,1H3. The highest BCUT2D eigenvalue weighted by Gasteiger charge is 2.15. The van der Waals surface area contributed by atoms with Crippen molar-refractivity contribution >= 4 is 11.5 Å². The fourth-order valence-electron chi connectivity index (χ4n) is 2.17. The van der Waals surface area contributed by atoms with Crippen LogP contribution in [0.2, 0.25) is 0 Å². The van der Waals surface area contributed by atoms with E-state index in [1.165, 1.54) is 31.5 Å². The molecule has 0 spiro atoms. The molecule has 0 N–H and O–H groups in total. The number of nitro groups is 1. The van der Waals surface area contributed by atoms with Gasteiger partial charge in [-0.2, -0.15) is 0 Å². The number of hydrogen-bond acceptors (Lipinski definition) is 4. The maximum absolute atomic E-state index is 10.5. The zero-order chi connectivity index (χ0) is 12.3. The molecule has 5 heteroatoms. The van der Waals surface area contributed by atoms with Crippen molar-refractivity contribution < 1.29 is 4.92 Å². The molecule has 1 saturated heterocycles. The van der Waals surface area contributed by atoms with Crippen LogP contribution in [-0.4, -0.2) is 23.0 Å². The Labute approximate surface area is 101 Å². The minimum absolute atomic E-state index is 0.0527. The van der Waals surface area contributed by atoms with E-state index in [4.69, 9.17) is 0 Å². The quantitative estimate of drug-likeness (QED) is 0.584. The Hall–Kier alpha value is -1.65. The fourth-order valence-corrected chi connectivity index (χ4v) is 2.17. The van der Waals surface area contributed by atoms with Crippen LogP contribution >= 0.6 is 0 Å². The van der Waals surface area contributed by atoms with Gasteiger partial charge in [0.05, 0.1) is 4.92 Å². The van der Waals surface area contributed by atoms with Gasteiger partial charge < -0.3 is 4.90 Å². The van der Waals surface area contributed by atoms with Crippen LogP contribution in [0.25, 0.3) is 0 Å². The molecule has 1 fully saturated rings. The molecule has 0 radical (unpaired) electrons. The van der Waals surface area contributed by atoms with Gasteiger partial charge in [-0.15, -0.1) is 0 Å². The van der Waals surface area contributed by atoms with Gasteiger partial charge >= 0.3 is 0 Å². The molecule has 1 aromatic rings. The molecule has 2 rings (SSSR count). The lowest BCUT2D eigenvalue weighted by Gasteiger charge is -2.21. The van der Waals surface area contributed by atoms with Crippen LogP contribution < -0.4 is 4.90 Å². The Morgan fingerprint density at radius 3 is 2.88 bits per heavy atom. The van der Waals surface area contributed by atoms with Crippen molar-refractivity contribution in [3.63, 3.8) is 0 Å². The largest absolute Gasteiger partial charge is 0.357 e. The van der Waals surface area contributed by atoms with Crippen LogP contribution in [0.5, 0.6) is 0 Å². The van der Waals surface area contributed by atoms with Crippen LogP contribution in [0.4, 0.5) is 11.5 Å². The Morgan fingerprint density at radius 2 is 2.24 bits per heavy atom. The van der Waals surface area contributed by atoms with E-state index in [-0.39, 0.29) is 5.69 Å². The third-order valence-electron chi connectivity index (χ3n) is 3.28. The first-order valence-electron chi connectivity index (χ1n) is 6.02. The maximum Gasteiger partial charge on any atom is 0.287 e. The molecule has 0 amide bonds. The molecule has 17 heavy (non-hydrogen) atoms. The zero-order valence-corrected chi connectivity index (χ0v) is 10.0. The highest BCUT2D eigenvalue weighted by Crippen LogP contribution is 2.22. The van der Waals surface area contributed by atoms with Crippen molar-refractivity contribution in [2.24, 2.45) is 5.92 Å². The summed E-state index contributed by atoms with van der Waals surface area (Å²) in [6.07, 6.45) is 4.92. The molecule has 1 aliphatic rings. The summed E-state index contributed by atoms with van der Waals surface area (Å²) in [6, 6.07) is 3.27. The molecule has 92 valence electrons. The summed E-state index contributed by atoms with van der Waals surface area (Å²) in [5, 5.41) is 10.5. The lowest BCUT2D eigenvalue weighted by molar-refractivity contribution is -0.385. The first-order chi connectivity index (χ1) is 8.16. The summed E-state index contributed by atoms with van der Waals surface area (Å²) in [5.41, 5.74) is 0.0527. The van der Waals surface area contributed by atoms with E-state index in [2.05, 4.69) is 16.8 Å². The lowest BCUT2D eigenvalue weighted by Crippen LogP contribution is -2.25. The van der Waals surface area contributed by atoms with E-state index in [0.717, 1.165) is 24.8 Å². The van der Waals surface area contributed by atoms with Crippen LogP contribution in [0, 0.1) is 16.0 Å². The normalized spacial score (nSPS) is 21.0. The van der Waals surface area contributed by atoms with E-state index in [1.54, 1.807) is 6.07 Å². The van der Waals surface area contributed by atoms with Gasteiger partial charge in [0.1, 0.15) is 12.0 Å². The van der Waals surface area contributed by atoms with Crippen LogP contribution in [0.15, 0.2) is 18.3 Å². The van der Waals surface area contributed by atoms with Gasteiger partial charge in [-0.25, -0.2) is 4.98 Å². The smallest absolute Gasteiger partial charge is 0.287 e. The number of nitrogens with zero attached hydrogens (tertiary/aromatic N) is 3. The molecule has 1 unspecified atom stereocenters. The monoisotopic (exact) mass is 235 g/mol. The van der Waals surface area contributed by atoms with Gasteiger partial charge in [0.25, 0.3) is 5.69 Å². The Bertz CT molecular complexity index is 391. The molecule has 1 aromatic heterocycles. The predicted molar refractivity (Wildman–Crippen MR) is 66.1 cm³/mol. The van der Waals surface area contributed by atoms with Crippen LogP contribution in [0.1, 0.15) is 26.2 Å². The number of aromatic nitrogens is 1. The number of rotatable bonds is 2. The zero-order valence-electron chi connectivity index (χ0n) is 10.0. The van der Waals surface area contributed by atoms with Crippen LogP contribution in [0.3, 0.4) is 0 Å². The van der Waals surface area contributed by atoms with E-state index in [1.807, 2.05) is 0 Å². The second kappa shape index (κ2) is 5.12. The van der Waals surface area contributed by atoms with Crippen molar-refractivity contribution in [2.75, 3.05) is 18.0 Å². The summed E-state index contributed by atoms with van der Waals surface area (Å²) in [6.45, 7) is 4.26. The third kappa shape index (κ3) is 2.93. The first-order valence-corrected chi connectivity index (χ1v) is 6.02. The van der Waals surface area contributed by atoms with Gasteiger partial charge in [-0.3, -0.25) is 10.1 Å². The lowest BCUT2D eigenvalue weighted by atomic mass is 10.0. The Morgan fingerprint density at radius 1 is 1.41 bits per heavy atom. The third-order valence-corrected chi connectivity index (χ3v) is 3.28. The van der Waals surface area contributed by atoms with E-state index in [0.29, 0.717) is 0 Å². The van der Waals surface area contributed by atoms with E-state index < -0.39 is 4.92 Å². The minimum atomic E-state index is -0.415. The SMILES string of the molecule is CC1CCCN(c2ccc([N+](=O)[O-])cn2)CC1. The summed E-state index contributed by atoms with van der Waals surface area (Å²) >= 11 is 0. The van der Waals surface area contributed by atoms with Gasteiger partial charge in [-0.1, -0.05) is 6.92 Å². The molecule has 0 aromatic carbocycles. The van der Waals surface area contributed by atoms with Crippen molar-refractivity contribution in [1.29, 1.82) is 0 Å². The molecule has 1 atom stereocenters. The molecule has 0 aliphatic carbocycles. The van der Waals surface area contributed by atoms with Crippen LogP contribution in [-0.2, 0) is 0 Å². The fraction of sp³-hybridized carbons (Fsp3) is 0.583. The highest BCUT2D eigenvalue weighted by molar-refractivity contribution is 5.42. The average molecular weight is 235 g/mol. The van der Waals surface area contributed by atoms with Crippen molar-refractivity contribution in [3.8, 4) is 0 Å². The van der Waals surface area contributed by atoms with Gasteiger partial charge in [0, 0.05) is 19.2 Å². The average Bonchev–Trinajstić information content (AvgIpc) is 2.54. The predicted octanol–water partition coefficient (Wildman–Crippen LogP) is 2.62. The van der Waals surface area contributed by atoms with Crippen molar-refractivity contribution in [1.82, 2.24) is 4.98 Å². The summed E-state index contributed by atoms with van der Waals surface area (Å²) in [4.78, 5) is 16.5. The minimum Gasteiger partial charge on any atom is -0.357 e. The second-order valence-corrected chi connectivity index (χ2v) is 4.65. The van der Waals surface area contributed by atoms with Gasteiger partial charge in [0.15, 0.2) is 0 Å². The number of anilines is 1. The topological polar surface area (TPSA) is 59.3 Å². The first kappa shape index (κ1) is 11.8. The summed E-state index contributed by atoms with van der Waals surface area (Å²) < 4.78 is 0. The van der Waals surface area contributed by atoms with Crippen molar-refractivity contribution in [3.05, 3.63) is 28.4 Å². The molecule has 0 saturated carbocycles. The molecule has 5 nitrogen and oxygen atoms in total. The Kier molecular flexibility index (Phi) is 3.56. The summed E-state index contributed by atoms with van der Waals surface area (Å²) in [5.74, 6) is 1.61. The molecular formula is C12H17N3O2. The van der Waals surface area contributed by atoms with E-state index in [9.17, 15) is 10.1 Å².